The number of nitrogens with one attached hydrogen (secondary N) is 2. The Morgan fingerprint density at radius 1 is 1.00 bits per heavy atom. The van der Waals surface area contributed by atoms with Gasteiger partial charge in [-0.2, -0.15) is 0 Å². The Kier molecular flexibility index (Phi) is 6.66. The van der Waals surface area contributed by atoms with Crippen molar-refractivity contribution in [2.24, 2.45) is 0 Å². The molecule has 180 valence electrons. The standard InChI is InChI=1S/C20H16F3N9O3/c21-20(22,23)35-15-6-3-4-13(8-15)10-25-19(34)16-11-31(29-27-16)32-12-17(28-30-32)26-18(33)9-14-5-1-2-7-24-14/h1-8,11-12H,9-10H2,(H,25,34)(H,26,33). The average Bonchev–Trinajstić information content (AvgIpc) is 3.47. The van der Waals surface area contributed by atoms with Crippen molar-refractivity contribution in [2.45, 2.75) is 19.3 Å². The van der Waals surface area contributed by atoms with E-state index in [1.54, 1.807) is 24.4 Å². The molecule has 0 aliphatic carbocycles. The van der Waals surface area contributed by atoms with Gasteiger partial charge in [-0.3, -0.25) is 14.6 Å². The summed E-state index contributed by atoms with van der Waals surface area (Å²) in [4.78, 5) is 30.8. The van der Waals surface area contributed by atoms with Gasteiger partial charge in [-0.05, 0) is 40.3 Å². The van der Waals surface area contributed by atoms with Crippen LogP contribution >= 0.6 is 0 Å². The van der Waals surface area contributed by atoms with E-state index < -0.39 is 18.0 Å². The van der Waals surface area contributed by atoms with Crippen molar-refractivity contribution in [3.05, 3.63) is 78.0 Å². The lowest BCUT2D eigenvalue weighted by atomic mass is 10.2. The number of alkyl halides is 3. The minimum absolute atomic E-state index is 0.0482. The Bertz CT molecular complexity index is 1320. The summed E-state index contributed by atoms with van der Waals surface area (Å²) in [6.07, 6.45) is -0.571. The molecule has 0 radical (unpaired) electrons. The first kappa shape index (κ1) is 23.3. The van der Waals surface area contributed by atoms with E-state index in [2.05, 4.69) is 41.0 Å². The first-order chi connectivity index (χ1) is 16.7. The summed E-state index contributed by atoms with van der Waals surface area (Å²) in [5, 5.41) is 20.2. The lowest BCUT2D eigenvalue weighted by molar-refractivity contribution is -0.274. The van der Waals surface area contributed by atoms with Crippen LogP contribution in [0.25, 0.3) is 0 Å². The second-order valence-corrected chi connectivity index (χ2v) is 6.97. The molecule has 0 unspecified atom stereocenters. The van der Waals surface area contributed by atoms with Crippen LogP contribution < -0.4 is 15.4 Å². The second kappa shape index (κ2) is 9.98. The van der Waals surface area contributed by atoms with Crippen LogP contribution in [0.5, 0.6) is 5.75 Å². The van der Waals surface area contributed by atoms with Gasteiger partial charge in [0.1, 0.15) is 5.75 Å². The molecule has 15 heteroatoms. The highest BCUT2D eigenvalue weighted by Gasteiger charge is 2.31. The number of hydrogen-bond donors (Lipinski definition) is 2. The molecule has 0 fully saturated rings. The number of pyridine rings is 1. The van der Waals surface area contributed by atoms with Crippen molar-refractivity contribution in [1.82, 2.24) is 40.5 Å². The molecule has 2 amide bonds. The van der Waals surface area contributed by atoms with Crippen molar-refractivity contribution in [2.75, 3.05) is 5.32 Å². The molecule has 0 saturated carbocycles. The summed E-state index contributed by atoms with van der Waals surface area (Å²) in [5.74, 6) is -1.22. The number of nitrogens with zero attached hydrogens (tertiary/aromatic N) is 7. The minimum atomic E-state index is -4.82. The van der Waals surface area contributed by atoms with Crippen LogP contribution in [0.15, 0.2) is 61.1 Å². The molecule has 0 bridgehead atoms. The summed E-state index contributed by atoms with van der Waals surface area (Å²) in [7, 11) is 0. The maximum absolute atomic E-state index is 12.4. The lowest BCUT2D eigenvalue weighted by Crippen LogP contribution is -2.23. The molecule has 2 N–H and O–H groups in total. The van der Waals surface area contributed by atoms with E-state index in [4.69, 9.17) is 0 Å². The van der Waals surface area contributed by atoms with Gasteiger partial charge in [-0.1, -0.05) is 18.2 Å². The maximum atomic E-state index is 12.4. The van der Waals surface area contributed by atoms with Gasteiger partial charge in [-0.15, -0.1) is 33.0 Å². The number of ether oxygens (including phenoxy) is 1. The largest absolute Gasteiger partial charge is 0.573 e. The third-order valence-corrected chi connectivity index (χ3v) is 4.33. The summed E-state index contributed by atoms with van der Waals surface area (Å²) < 4.78 is 40.9. The Morgan fingerprint density at radius 2 is 1.80 bits per heavy atom. The number of hydrogen-bond acceptors (Lipinski definition) is 8. The van der Waals surface area contributed by atoms with E-state index in [0.717, 1.165) is 21.7 Å². The molecule has 0 spiro atoms. The molecular formula is C20H16F3N9O3. The highest BCUT2D eigenvalue weighted by molar-refractivity contribution is 5.92. The zero-order chi connectivity index (χ0) is 24.8. The fourth-order valence-electron chi connectivity index (χ4n) is 2.85. The molecule has 0 saturated heterocycles. The normalized spacial score (nSPS) is 11.2. The fourth-order valence-corrected chi connectivity index (χ4v) is 2.85. The van der Waals surface area contributed by atoms with Crippen LogP contribution in [0.4, 0.5) is 19.0 Å². The molecule has 1 aromatic carbocycles. The summed E-state index contributed by atoms with van der Waals surface area (Å²) >= 11 is 0. The molecule has 4 rings (SSSR count). The zero-order valence-corrected chi connectivity index (χ0v) is 17.7. The van der Waals surface area contributed by atoms with Crippen LogP contribution in [-0.2, 0) is 17.8 Å². The van der Waals surface area contributed by atoms with Gasteiger partial charge >= 0.3 is 6.36 Å². The van der Waals surface area contributed by atoms with E-state index >= 15 is 0 Å². The summed E-state index contributed by atoms with van der Waals surface area (Å²) in [6, 6.07) is 10.4. The van der Waals surface area contributed by atoms with Gasteiger partial charge in [0, 0.05) is 18.4 Å². The smallest absolute Gasteiger partial charge is 0.406 e. The third-order valence-electron chi connectivity index (χ3n) is 4.33. The number of anilines is 1. The van der Waals surface area contributed by atoms with E-state index in [1.165, 1.54) is 24.5 Å². The van der Waals surface area contributed by atoms with Gasteiger partial charge in [0.25, 0.3) is 5.91 Å². The Morgan fingerprint density at radius 3 is 2.57 bits per heavy atom. The Labute approximate surface area is 194 Å². The minimum Gasteiger partial charge on any atom is -0.406 e. The first-order valence-electron chi connectivity index (χ1n) is 9.93. The molecule has 0 atom stereocenters. The van der Waals surface area contributed by atoms with Gasteiger partial charge in [-0.25, -0.2) is 0 Å². The quantitative estimate of drug-likeness (QED) is 0.382. The van der Waals surface area contributed by atoms with E-state index in [1.807, 2.05) is 0 Å². The van der Waals surface area contributed by atoms with Crippen molar-refractivity contribution in [3.8, 4) is 5.75 Å². The van der Waals surface area contributed by atoms with Gasteiger partial charge in [0.15, 0.2) is 11.5 Å². The third kappa shape index (κ3) is 6.59. The second-order valence-electron chi connectivity index (χ2n) is 6.97. The van der Waals surface area contributed by atoms with E-state index in [9.17, 15) is 22.8 Å². The number of aromatic nitrogens is 7. The average molecular weight is 487 g/mol. The van der Waals surface area contributed by atoms with Crippen molar-refractivity contribution in [3.63, 3.8) is 0 Å². The highest BCUT2D eigenvalue weighted by Crippen LogP contribution is 2.23. The monoisotopic (exact) mass is 487 g/mol. The molecule has 0 aliphatic rings. The van der Waals surface area contributed by atoms with Crippen LogP contribution in [0.1, 0.15) is 21.7 Å². The molecular weight excluding hydrogens is 471 g/mol. The predicted molar refractivity (Wildman–Crippen MR) is 112 cm³/mol. The first-order valence-corrected chi connectivity index (χ1v) is 9.93. The topological polar surface area (TPSA) is 142 Å². The van der Waals surface area contributed by atoms with Gasteiger partial charge < -0.3 is 15.4 Å². The number of benzene rings is 1. The van der Waals surface area contributed by atoms with Crippen LogP contribution in [0, 0.1) is 0 Å². The van der Waals surface area contributed by atoms with Crippen molar-refractivity contribution in [1.29, 1.82) is 0 Å². The molecule has 3 aromatic heterocycles. The zero-order valence-electron chi connectivity index (χ0n) is 17.7. The molecule has 4 aromatic rings. The van der Waals surface area contributed by atoms with Crippen molar-refractivity contribution < 1.29 is 27.5 Å². The Balaban J connectivity index is 1.33. The fraction of sp³-hybridized carbons (Fsp3) is 0.150. The SMILES string of the molecule is O=C(Cc1ccccn1)Nc1cn(-n2cc(C(=O)NCc3cccc(OC(F)(F)F)c3)nn2)nn1. The van der Waals surface area contributed by atoms with E-state index in [-0.39, 0.29) is 30.4 Å². The molecule has 12 nitrogen and oxygen atoms in total. The lowest BCUT2D eigenvalue weighted by Gasteiger charge is -2.10. The Hall–Kier alpha value is -4.82. The summed E-state index contributed by atoms with van der Waals surface area (Å²) in [5.41, 5.74) is 0.891. The number of halogens is 3. The molecule has 3 heterocycles. The summed E-state index contributed by atoms with van der Waals surface area (Å²) in [6.45, 7) is -0.0729. The maximum Gasteiger partial charge on any atom is 0.573 e. The van der Waals surface area contributed by atoms with E-state index in [0.29, 0.717) is 11.3 Å². The highest BCUT2D eigenvalue weighted by atomic mass is 19.4. The van der Waals surface area contributed by atoms with Gasteiger partial charge in [0.05, 0.1) is 18.8 Å². The number of carbonyl (C=O) groups is 2. The van der Waals surface area contributed by atoms with Gasteiger partial charge in [0.2, 0.25) is 5.91 Å². The van der Waals surface area contributed by atoms with Crippen molar-refractivity contribution >= 4 is 17.6 Å². The number of amides is 2. The van der Waals surface area contributed by atoms with Crippen LogP contribution in [0.2, 0.25) is 0 Å². The number of rotatable bonds is 8. The molecule has 0 aliphatic heterocycles. The molecule has 35 heavy (non-hydrogen) atoms. The van der Waals surface area contributed by atoms with Crippen LogP contribution in [0.3, 0.4) is 0 Å². The number of carbonyl (C=O) groups excluding carboxylic acids is 2. The van der Waals surface area contributed by atoms with Crippen LogP contribution in [-0.4, -0.2) is 53.4 Å². The predicted octanol–water partition coefficient (Wildman–Crippen LogP) is 1.59.